The quantitative estimate of drug-likeness (QED) is 0.572. The molecule has 0 fully saturated rings. The summed E-state index contributed by atoms with van der Waals surface area (Å²) in [6, 6.07) is 0. The van der Waals surface area contributed by atoms with E-state index >= 15 is 0 Å². The van der Waals surface area contributed by atoms with Gasteiger partial charge in [-0.15, -0.1) is 0 Å². The molecule has 0 aliphatic rings. The van der Waals surface area contributed by atoms with Gasteiger partial charge in [0, 0.05) is 10.00 Å². The third-order valence-corrected chi connectivity index (χ3v) is 4.42. The topological polar surface area (TPSA) is 0 Å². The van der Waals surface area contributed by atoms with Gasteiger partial charge in [-0.3, -0.25) is 0 Å². The molecule has 0 aromatic carbocycles. The van der Waals surface area contributed by atoms with Gasteiger partial charge in [0.1, 0.15) is 0 Å². The van der Waals surface area contributed by atoms with Crippen LogP contribution in [0.3, 0.4) is 0 Å². The highest BCUT2D eigenvalue weighted by molar-refractivity contribution is 8.77. The molecule has 0 atom stereocenters. The Morgan fingerprint density at radius 3 is 1.67 bits per heavy atom. The van der Waals surface area contributed by atoms with Gasteiger partial charge in [-0.2, -0.15) is 0 Å². The summed E-state index contributed by atoms with van der Waals surface area (Å²) < 4.78 is 0.412. The zero-order valence-corrected chi connectivity index (χ0v) is 8.53. The lowest BCUT2D eigenvalue weighted by Gasteiger charge is -2.17. The second-order valence-corrected chi connectivity index (χ2v) is 6.94. The standard InChI is InChI=1S/C7H16S2/c1-6(2)8-9-7(3,4)5/h6H,1-5H3. The Morgan fingerprint density at radius 1 is 1.11 bits per heavy atom. The maximum absolute atomic E-state index is 2.24. The van der Waals surface area contributed by atoms with Crippen molar-refractivity contribution in [2.75, 3.05) is 0 Å². The van der Waals surface area contributed by atoms with Gasteiger partial charge in [0.05, 0.1) is 0 Å². The van der Waals surface area contributed by atoms with Crippen molar-refractivity contribution >= 4 is 21.6 Å². The monoisotopic (exact) mass is 164 g/mol. The van der Waals surface area contributed by atoms with Gasteiger partial charge in [0.2, 0.25) is 0 Å². The van der Waals surface area contributed by atoms with Gasteiger partial charge in [-0.1, -0.05) is 56.2 Å². The van der Waals surface area contributed by atoms with Gasteiger partial charge in [0.25, 0.3) is 0 Å². The molecule has 0 bridgehead atoms. The predicted molar refractivity (Wildman–Crippen MR) is 50.1 cm³/mol. The molecule has 0 amide bonds. The molecule has 0 saturated carbocycles. The van der Waals surface area contributed by atoms with Crippen molar-refractivity contribution in [3.63, 3.8) is 0 Å². The minimum absolute atomic E-state index is 0.412. The Kier molecular flexibility index (Phi) is 4.06. The van der Waals surface area contributed by atoms with Crippen molar-refractivity contribution in [1.82, 2.24) is 0 Å². The fourth-order valence-corrected chi connectivity index (χ4v) is 2.17. The maximum atomic E-state index is 2.24. The first kappa shape index (κ1) is 9.70. The highest BCUT2D eigenvalue weighted by Crippen LogP contribution is 2.37. The molecule has 0 aromatic rings. The number of hydrogen-bond acceptors (Lipinski definition) is 2. The third-order valence-electron chi connectivity index (χ3n) is 0.491. The Hall–Kier alpha value is 0.700. The van der Waals surface area contributed by atoms with Gasteiger partial charge in [-0.25, -0.2) is 0 Å². The summed E-state index contributed by atoms with van der Waals surface area (Å²) in [7, 11) is 3.91. The second-order valence-electron chi connectivity index (χ2n) is 3.34. The number of hydrogen-bond donors (Lipinski definition) is 0. The highest BCUT2D eigenvalue weighted by Gasteiger charge is 2.11. The first-order valence-electron chi connectivity index (χ1n) is 3.26. The molecule has 0 nitrogen and oxygen atoms in total. The zero-order valence-electron chi connectivity index (χ0n) is 6.89. The van der Waals surface area contributed by atoms with Crippen molar-refractivity contribution in [1.29, 1.82) is 0 Å². The second kappa shape index (κ2) is 3.77. The largest absolute Gasteiger partial charge is 0.0908 e. The molecule has 0 spiro atoms. The predicted octanol–water partition coefficient (Wildman–Crippen LogP) is 3.57. The van der Waals surface area contributed by atoms with Crippen molar-refractivity contribution in [2.45, 2.75) is 44.6 Å². The summed E-state index contributed by atoms with van der Waals surface area (Å²) in [5.74, 6) is 0. The number of rotatable bonds is 2. The van der Waals surface area contributed by atoms with Crippen LogP contribution in [0.5, 0.6) is 0 Å². The zero-order chi connectivity index (χ0) is 7.49. The van der Waals surface area contributed by atoms with E-state index in [9.17, 15) is 0 Å². The van der Waals surface area contributed by atoms with Gasteiger partial charge in [0.15, 0.2) is 0 Å². The smallest absolute Gasteiger partial charge is 0.0179 e. The molecule has 0 unspecified atom stereocenters. The Morgan fingerprint density at radius 2 is 1.56 bits per heavy atom. The van der Waals surface area contributed by atoms with E-state index in [0.29, 0.717) is 4.75 Å². The molecular weight excluding hydrogens is 148 g/mol. The fourth-order valence-electron chi connectivity index (χ4n) is 0.241. The molecule has 0 heterocycles. The van der Waals surface area contributed by atoms with E-state index < -0.39 is 0 Å². The molecule has 0 aliphatic carbocycles. The minimum atomic E-state index is 0.412. The molecule has 0 N–H and O–H groups in total. The maximum Gasteiger partial charge on any atom is 0.0179 e. The van der Waals surface area contributed by atoms with Crippen LogP contribution < -0.4 is 0 Å². The van der Waals surface area contributed by atoms with Crippen molar-refractivity contribution in [3.8, 4) is 0 Å². The Balaban J connectivity index is 3.28. The van der Waals surface area contributed by atoms with E-state index in [1.54, 1.807) is 0 Å². The molecule has 0 radical (unpaired) electrons. The van der Waals surface area contributed by atoms with E-state index in [1.165, 1.54) is 0 Å². The SMILES string of the molecule is CC(C)SSC(C)(C)C. The fraction of sp³-hybridized carbons (Fsp3) is 1.00. The van der Waals surface area contributed by atoms with Crippen LogP contribution in [-0.2, 0) is 0 Å². The molecule has 9 heavy (non-hydrogen) atoms. The first-order valence-corrected chi connectivity index (χ1v) is 5.47. The van der Waals surface area contributed by atoms with Gasteiger partial charge < -0.3 is 0 Å². The summed E-state index contributed by atoms with van der Waals surface area (Å²) in [4.78, 5) is 0. The van der Waals surface area contributed by atoms with Crippen molar-refractivity contribution in [2.24, 2.45) is 0 Å². The van der Waals surface area contributed by atoms with E-state index in [2.05, 4.69) is 34.6 Å². The molecule has 0 aliphatic heterocycles. The van der Waals surface area contributed by atoms with Gasteiger partial charge in [-0.05, 0) is 0 Å². The third kappa shape index (κ3) is 8.70. The van der Waals surface area contributed by atoms with E-state index in [-0.39, 0.29) is 0 Å². The summed E-state index contributed by atoms with van der Waals surface area (Å²) in [6.07, 6.45) is 0. The minimum Gasteiger partial charge on any atom is -0.0908 e. The average Bonchev–Trinajstić information content (AvgIpc) is 1.59. The lowest BCUT2D eigenvalue weighted by Crippen LogP contribution is -2.05. The molecule has 0 aromatic heterocycles. The molecule has 0 saturated heterocycles. The molecule has 2 heteroatoms. The first-order chi connectivity index (χ1) is 3.92. The van der Waals surface area contributed by atoms with Crippen molar-refractivity contribution < 1.29 is 0 Å². The van der Waals surface area contributed by atoms with Crippen LogP contribution in [0.25, 0.3) is 0 Å². The Labute approximate surface area is 66.6 Å². The van der Waals surface area contributed by atoms with E-state index in [4.69, 9.17) is 0 Å². The molecule has 0 rings (SSSR count). The molecular formula is C7H16S2. The van der Waals surface area contributed by atoms with Crippen LogP contribution in [0.2, 0.25) is 0 Å². The van der Waals surface area contributed by atoms with Gasteiger partial charge >= 0.3 is 0 Å². The Bertz CT molecular complexity index is 71.5. The summed E-state index contributed by atoms with van der Waals surface area (Å²) in [5, 5.41) is 0.745. The lowest BCUT2D eigenvalue weighted by atomic mass is 10.3. The van der Waals surface area contributed by atoms with Crippen LogP contribution in [0.1, 0.15) is 34.6 Å². The lowest BCUT2D eigenvalue weighted by molar-refractivity contribution is 0.810. The molecule has 56 valence electrons. The van der Waals surface area contributed by atoms with Crippen LogP contribution in [0.4, 0.5) is 0 Å². The van der Waals surface area contributed by atoms with Crippen molar-refractivity contribution in [3.05, 3.63) is 0 Å². The van der Waals surface area contributed by atoms with Crippen LogP contribution in [0.15, 0.2) is 0 Å². The van der Waals surface area contributed by atoms with Crippen LogP contribution in [0, 0.1) is 0 Å². The normalized spacial score (nSPS) is 12.7. The van der Waals surface area contributed by atoms with E-state index in [1.807, 2.05) is 21.6 Å². The van der Waals surface area contributed by atoms with Crippen LogP contribution >= 0.6 is 21.6 Å². The highest BCUT2D eigenvalue weighted by atomic mass is 33.1. The summed E-state index contributed by atoms with van der Waals surface area (Å²) in [5.41, 5.74) is 0. The van der Waals surface area contributed by atoms with Crippen LogP contribution in [-0.4, -0.2) is 10.00 Å². The summed E-state index contributed by atoms with van der Waals surface area (Å²) in [6.45, 7) is 11.2. The average molecular weight is 164 g/mol. The van der Waals surface area contributed by atoms with E-state index in [0.717, 1.165) is 5.25 Å². The summed E-state index contributed by atoms with van der Waals surface area (Å²) >= 11 is 0.